The van der Waals surface area contributed by atoms with Crippen LogP contribution in [-0.2, 0) is 14.3 Å². The number of carbonyl (C=O) groups is 2. The Morgan fingerprint density at radius 3 is 2.46 bits per heavy atom. The Balaban J connectivity index is 3.04. The topological polar surface area (TPSA) is 55.8 Å². The van der Waals surface area contributed by atoms with Gasteiger partial charge in [-0.15, -0.1) is 0 Å². The maximum atomic E-state index is 12.6. The van der Waals surface area contributed by atoms with Crippen molar-refractivity contribution < 1.29 is 19.1 Å². The minimum Gasteiger partial charge on any atom is -0.469 e. The highest BCUT2D eigenvalue weighted by Crippen LogP contribution is 2.42. The number of esters is 1. The molecule has 0 bridgehead atoms. The smallest absolute Gasteiger partial charge is 0.410 e. The highest BCUT2D eigenvalue weighted by Gasteiger charge is 2.46. The normalized spacial score (nSPS) is 24.5. The second-order valence-corrected chi connectivity index (χ2v) is 7.90. The summed E-state index contributed by atoms with van der Waals surface area (Å²) in [5, 5.41) is 0. The van der Waals surface area contributed by atoms with Gasteiger partial charge in [0.1, 0.15) is 5.60 Å². The molecule has 0 aromatic rings. The van der Waals surface area contributed by atoms with Crippen LogP contribution in [0, 0.1) is 5.41 Å². The number of allylic oxidation sites excluding steroid dienone is 5. The molecule has 1 saturated heterocycles. The molecular formula is C21H33NO4. The Labute approximate surface area is 157 Å². The number of likely N-dealkylation sites (tertiary alicyclic amines) is 1. The molecule has 2 atom stereocenters. The maximum Gasteiger partial charge on any atom is 0.410 e. The monoisotopic (exact) mass is 363 g/mol. The number of hydrogen-bond acceptors (Lipinski definition) is 4. The molecule has 5 heteroatoms. The molecule has 1 heterocycles. The number of hydrogen-bond donors (Lipinski definition) is 0. The zero-order chi connectivity index (χ0) is 20.0. The van der Waals surface area contributed by atoms with Crippen molar-refractivity contribution in [3.05, 3.63) is 36.5 Å². The third-order valence-electron chi connectivity index (χ3n) is 4.55. The van der Waals surface area contributed by atoms with E-state index in [1.54, 1.807) is 11.0 Å². The van der Waals surface area contributed by atoms with E-state index in [2.05, 4.69) is 6.58 Å². The molecule has 0 radical (unpaired) electrons. The Hall–Kier alpha value is -2.04. The van der Waals surface area contributed by atoms with E-state index < -0.39 is 11.0 Å². The average Bonchev–Trinajstić information content (AvgIpc) is 2.52. The van der Waals surface area contributed by atoms with E-state index in [4.69, 9.17) is 9.47 Å². The van der Waals surface area contributed by atoms with Crippen LogP contribution in [-0.4, -0.2) is 42.3 Å². The minimum atomic E-state index is -0.652. The van der Waals surface area contributed by atoms with E-state index in [0.717, 1.165) is 5.57 Å². The first-order valence-electron chi connectivity index (χ1n) is 9.11. The van der Waals surface area contributed by atoms with Gasteiger partial charge in [-0.05, 0) is 59.5 Å². The zero-order valence-corrected chi connectivity index (χ0v) is 17.0. The lowest BCUT2D eigenvalue weighted by Gasteiger charge is -2.44. The number of ether oxygens (including phenoxy) is 2. The summed E-state index contributed by atoms with van der Waals surface area (Å²) in [6.45, 7) is 13.7. The molecule has 2 unspecified atom stereocenters. The van der Waals surface area contributed by atoms with E-state index in [1.807, 2.05) is 52.8 Å². The van der Waals surface area contributed by atoms with Crippen LogP contribution < -0.4 is 0 Å². The van der Waals surface area contributed by atoms with Gasteiger partial charge in [0.25, 0.3) is 0 Å². The number of rotatable bonds is 5. The number of methoxy groups -OCH3 is 1. The van der Waals surface area contributed by atoms with Crippen molar-refractivity contribution in [2.24, 2.45) is 5.41 Å². The van der Waals surface area contributed by atoms with Gasteiger partial charge in [0.15, 0.2) is 0 Å². The lowest BCUT2D eigenvalue weighted by atomic mass is 9.71. The summed E-state index contributed by atoms with van der Waals surface area (Å²) >= 11 is 0. The van der Waals surface area contributed by atoms with Crippen molar-refractivity contribution in [1.82, 2.24) is 4.90 Å². The van der Waals surface area contributed by atoms with Gasteiger partial charge in [-0.1, -0.05) is 30.9 Å². The van der Waals surface area contributed by atoms with Gasteiger partial charge in [-0.25, -0.2) is 4.79 Å². The third-order valence-corrected chi connectivity index (χ3v) is 4.55. The molecule has 0 spiro atoms. The van der Waals surface area contributed by atoms with Crippen LogP contribution in [0.15, 0.2) is 36.5 Å². The Bertz CT molecular complexity index is 585. The van der Waals surface area contributed by atoms with Crippen LogP contribution in [0.5, 0.6) is 0 Å². The van der Waals surface area contributed by atoms with Crippen LogP contribution in [0.2, 0.25) is 0 Å². The van der Waals surface area contributed by atoms with Crippen LogP contribution in [0.1, 0.15) is 53.9 Å². The van der Waals surface area contributed by atoms with E-state index in [-0.39, 0.29) is 18.1 Å². The summed E-state index contributed by atoms with van der Waals surface area (Å²) in [7, 11) is 1.42. The predicted molar refractivity (Wildman–Crippen MR) is 104 cm³/mol. The van der Waals surface area contributed by atoms with Crippen molar-refractivity contribution in [3.8, 4) is 0 Å². The molecule has 1 aliphatic rings. The molecule has 0 N–H and O–H groups in total. The molecule has 1 amide bonds. The van der Waals surface area contributed by atoms with Gasteiger partial charge in [0, 0.05) is 12.6 Å². The Kier molecular flexibility index (Phi) is 7.67. The van der Waals surface area contributed by atoms with Gasteiger partial charge < -0.3 is 14.4 Å². The number of nitrogens with zero attached hydrogens (tertiary/aromatic N) is 1. The molecule has 26 heavy (non-hydrogen) atoms. The van der Waals surface area contributed by atoms with Crippen molar-refractivity contribution in [2.75, 3.05) is 13.7 Å². The van der Waals surface area contributed by atoms with Gasteiger partial charge >= 0.3 is 12.1 Å². The van der Waals surface area contributed by atoms with E-state index >= 15 is 0 Å². The third kappa shape index (κ3) is 5.75. The van der Waals surface area contributed by atoms with E-state index in [1.165, 1.54) is 7.11 Å². The van der Waals surface area contributed by atoms with Crippen LogP contribution in [0.3, 0.4) is 0 Å². The molecule has 1 aliphatic heterocycles. The predicted octanol–water partition coefficient (Wildman–Crippen LogP) is 4.64. The summed E-state index contributed by atoms with van der Waals surface area (Å²) in [4.78, 5) is 26.8. The summed E-state index contributed by atoms with van der Waals surface area (Å²) in [5.74, 6) is -0.229. The second kappa shape index (κ2) is 9.06. The molecule has 0 aliphatic carbocycles. The maximum absolute atomic E-state index is 12.6. The van der Waals surface area contributed by atoms with Crippen molar-refractivity contribution in [2.45, 2.75) is 65.5 Å². The van der Waals surface area contributed by atoms with E-state index in [0.29, 0.717) is 25.8 Å². The fourth-order valence-corrected chi connectivity index (χ4v) is 3.49. The van der Waals surface area contributed by atoms with Gasteiger partial charge in [-0.2, -0.15) is 0 Å². The zero-order valence-electron chi connectivity index (χ0n) is 17.0. The largest absolute Gasteiger partial charge is 0.469 e. The summed E-state index contributed by atoms with van der Waals surface area (Å²) in [6.07, 6.45) is 8.85. The second-order valence-electron chi connectivity index (χ2n) is 7.90. The Morgan fingerprint density at radius 2 is 2.00 bits per heavy atom. The molecule has 146 valence electrons. The molecule has 1 rings (SSSR count). The standard InChI is InChI=1S/C21H33NO4/c1-8-10-17(11-9-2)15-21(18(23)25-7)12-13-22(16(3)14-21)19(24)26-20(4,5)6/h8-11,16H,1,12-15H2,2-7H3/b11-9-,17-10+. The average molecular weight is 363 g/mol. The molecule has 5 nitrogen and oxygen atoms in total. The quantitative estimate of drug-likeness (QED) is 0.527. The molecule has 0 saturated carbocycles. The Morgan fingerprint density at radius 1 is 1.35 bits per heavy atom. The number of piperidine rings is 1. The first-order chi connectivity index (χ1) is 12.1. The van der Waals surface area contributed by atoms with Gasteiger partial charge in [0.05, 0.1) is 12.5 Å². The van der Waals surface area contributed by atoms with Crippen molar-refractivity contribution in [1.29, 1.82) is 0 Å². The first-order valence-corrected chi connectivity index (χ1v) is 9.11. The molecule has 0 aromatic heterocycles. The summed E-state index contributed by atoms with van der Waals surface area (Å²) in [5.41, 5.74) is -0.175. The molecular weight excluding hydrogens is 330 g/mol. The lowest BCUT2D eigenvalue weighted by molar-refractivity contribution is -0.157. The lowest BCUT2D eigenvalue weighted by Crippen LogP contribution is -2.52. The number of amides is 1. The fraction of sp³-hybridized carbons (Fsp3) is 0.619. The summed E-state index contributed by atoms with van der Waals surface area (Å²) < 4.78 is 10.6. The molecule has 1 fully saturated rings. The van der Waals surface area contributed by atoms with Crippen LogP contribution in [0.4, 0.5) is 4.79 Å². The van der Waals surface area contributed by atoms with Crippen LogP contribution in [0.25, 0.3) is 0 Å². The highest BCUT2D eigenvalue weighted by molar-refractivity contribution is 5.78. The highest BCUT2D eigenvalue weighted by atomic mass is 16.6. The van der Waals surface area contributed by atoms with Crippen molar-refractivity contribution >= 4 is 12.1 Å². The SMILES string of the molecule is C=C/C=C(\C=C/C)CC1(C(=O)OC)CCN(C(=O)OC(C)(C)C)C(C)C1. The fourth-order valence-electron chi connectivity index (χ4n) is 3.49. The first kappa shape index (κ1) is 22.0. The van der Waals surface area contributed by atoms with Crippen LogP contribution >= 0.6 is 0 Å². The van der Waals surface area contributed by atoms with Crippen molar-refractivity contribution in [3.63, 3.8) is 0 Å². The van der Waals surface area contributed by atoms with Gasteiger partial charge in [-0.3, -0.25) is 4.79 Å². The van der Waals surface area contributed by atoms with Gasteiger partial charge in [0.2, 0.25) is 0 Å². The molecule has 0 aromatic carbocycles. The summed E-state index contributed by atoms with van der Waals surface area (Å²) in [6, 6.07) is -0.117. The minimum absolute atomic E-state index is 0.117. The van der Waals surface area contributed by atoms with E-state index in [9.17, 15) is 9.59 Å². The number of carbonyl (C=O) groups excluding carboxylic acids is 2.